The Kier molecular flexibility index (Phi) is 3.86. The summed E-state index contributed by atoms with van der Waals surface area (Å²) in [4.78, 5) is 2.36. The van der Waals surface area contributed by atoms with Gasteiger partial charge in [0, 0.05) is 38.9 Å². The summed E-state index contributed by atoms with van der Waals surface area (Å²) in [6.45, 7) is 0.0927. The SMILES string of the molecule is C1=CC2=C3B(c4c2ccc2c4Oc4ccccc4N2c2ccccc2)n2c4ccccc4c4cccc(c42)C3C1. The van der Waals surface area contributed by atoms with E-state index in [4.69, 9.17) is 4.74 Å². The fourth-order valence-electron chi connectivity index (χ4n) is 7.86. The van der Waals surface area contributed by atoms with Gasteiger partial charge in [0.15, 0.2) is 5.75 Å². The summed E-state index contributed by atoms with van der Waals surface area (Å²) in [7, 11) is 0. The summed E-state index contributed by atoms with van der Waals surface area (Å²) in [6.07, 6.45) is 5.77. The molecule has 0 saturated heterocycles. The van der Waals surface area contributed by atoms with Crippen molar-refractivity contribution in [2.75, 3.05) is 4.90 Å². The van der Waals surface area contributed by atoms with Gasteiger partial charge in [0.1, 0.15) is 5.75 Å². The highest BCUT2D eigenvalue weighted by molar-refractivity contribution is 6.85. The van der Waals surface area contributed by atoms with Crippen LogP contribution in [-0.4, -0.2) is 11.3 Å². The number of benzene rings is 5. The van der Waals surface area contributed by atoms with E-state index in [0.717, 1.165) is 35.0 Å². The number of hydrogen-bond donors (Lipinski definition) is 0. The molecule has 10 rings (SSSR count). The fraction of sp³-hybridized carbons (Fsp3) is 0.0556. The Hall–Kier alpha value is -4.96. The van der Waals surface area contributed by atoms with Gasteiger partial charge in [-0.3, -0.25) is 0 Å². The molecule has 0 spiro atoms. The molecule has 3 nitrogen and oxygen atoms in total. The van der Waals surface area contributed by atoms with Crippen LogP contribution in [0.5, 0.6) is 11.5 Å². The zero-order chi connectivity index (χ0) is 25.9. The van der Waals surface area contributed by atoms with E-state index in [1.54, 1.807) is 0 Å². The molecular weight excluding hydrogens is 487 g/mol. The van der Waals surface area contributed by atoms with Gasteiger partial charge in [0.2, 0.25) is 0 Å². The number of nitrogens with zero attached hydrogens (tertiary/aromatic N) is 2. The molecule has 4 heterocycles. The third-order valence-electron chi connectivity index (χ3n) is 9.35. The molecule has 0 saturated carbocycles. The molecule has 1 aliphatic carbocycles. The number of rotatable bonds is 1. The minimum Gasteiger partial charge on any atom is -0.453 e. The second-order valence-corrected chi connectivity index (χ2v) is 11.2. The first-order chi connectivity index (χ1) is 19.9. The van der Waals surface area contributed by atoms with Gasteiger partial charge in [-0.2, -0.15) is 0 Å². The van der Waals surface area contributed by atoms with Gasteiger partial charge in [-0.05, 0) is 59.5 Å². The summed E-state index contributed by atoms with van der Waals surface area (Å²) < 4.78 is 9.56. The third-order valence-corrected chi connectivity index (χ3v) is 9.35. The average Bonchev–Trinajstić information content (AvgIpc) is 3.53. The molecule has 186 valence electrons. The molecule has 0 fully saturated rings. The maximum Gasteiger partial charge on any atom is 0.329 e. The maximum atomic E-state index is 6.94. The second kappa shape index (κ2) is 7.37. The zero-order valence-corrected chi connectivity index (χ0v) is 21.7. The third kappa shape index (κ3) is 2.44. The summed E-state index contributed by atoms with van der Waals surface area (Å²) in [5.41, 5.74) is 12.9. The van der Waals surface area contributed by atoms with Crippen molar-refractivity contribution in [1.82, 2.24) is 4.48 Å². The van der Waals surface area contributed by atoms with E-state index in [1.165, 1.54) is 49.4 Å². The Bertz CT molecular complexity index is 2140. The minimum absolute atomic E-state index is 0.0927. The standard InChI is InChI=1S/C36H23BN2O/c1-2-10-22(11-3-1)38-30-18-6-7-19-32(30)40-36-31(38)21-20-26-24-13-8-14-25-28-16-9-15-27-23-12-4-5-17-29(23)39(35(27)28)37(33(24)25)34(26)36/h1-13,15-21,25H,14H2. The van der Waals surface area contributed by atoms with Gasteiger partial charge in [-0.15, -0.1) is 0 Å². The lowest BCUT2D eigenvalue weighted by molar-refractivity contribution is 0.480. The number of hydrogen-bond acceptors (Lipinski definition) is 2. The van der Waals surface area contributed by atoms with Crippen molar-refractivity contribution >= 4 is 56.8 Å². The lowest BCUT2D eigenvalue weighted by Gasteiger charge is -2.36. The number of allylic oxidation sites excluding steroid dienone is 4. The zero-order valence-electron chi connectivity index (χ0n) is 21.7. The van der Waals surface area contributed by atoms with Crippen molar-refractivity contribution < 1.29 is 4.74 Å². The quantitative estimate of drug-likeness (QED) is 0.206. The van der Waals surface area contributed by atoms with Crippen molar-refractivity contribution in [2.24, 2.45) is 0 Å². The maximum absolute atomic E-state index is 6.94. The molecule has 0 amide bonds. The van der Waals surface area contributed by atoms with Gasteiger partial charge in [0.25, 0.3) is 0 Å². The van der Waals surface area contributed by atoms with E-state index in [2.05, 4.69) is 131 Å². The van der Waals surface area contributed by atoms with E-state index in [0.29, 0.717) is 5.92 Å². The monoisotopic (exact) mass is 510 g/mol. The van der Waals surface area contributed by atoms with Crippen molar-refractivity contribution in [2.45, 2.75) is 12.3 Å². The van der Waals surface area contributed by atoms with Crippen LogP contribution in [0.3, 0.4) is 0 Å². The van der Waals surface area contributed by atoms with Gasteiger partial charge in [-0.25, -0.2) is 0 Å². The molecule has 5 aromatic carbocycles. The summed E-state index contributed by atoms with van der Waals surface area (Å²) in [6, 6.07) is 39.5. The minimum atomic E-state index is 0.0927. The van der Waals surface area contributed by atoms with Crippen LogP contribution in [0, 0.1) is 0 Å². The topological polar surface area (TPSA) is 17.4 Å². The first kappa shape index (κ1) is 20.9. The highest BCUT2D eigenvalue weighted by atomic mass is 16.5. The Morgan fingerprint density at radius 1 is 0.725 bits per heavy atom. The highest BCUT2D eigenvalue weighted by Crippen LogP contribution is 2.55. The lowest BCUT2D eigenvalue weighted by atomic mass is 9.46. The molecule has 1 atom stereocenters. The van der Waals surface area contributed by atoms with Crippen molar-refractivity contribution in [1.29, 1.82) is 0 Å². The van der Waals surface area contributed by atoms with Crippen LogP contribution in [0.1, 0.15) is 23.5 Å². The van der Waals surface area contributed by atoms with Crippen molar-refractivity contribution in [3.63, 3.8) is 0 Å². The Morgan fingerprint density at radius 2 is 1.55 bits per heavy atom. The predicted molar refractivity (Wildman–Crippen MR) is 165 cm³/mol. The largest absolute Gasteiger partial charge is 0.453 e. The molecule has 4 aliphatic rings. The molecule has 1 unspecified atom stereocenters. The van der Waals surface area contributed by atoms with Gasteiger partial charge in [0.05, 0.1) is 11.4 Å². The van der Waals surface area contributed by atoms with Crippen LogP contribution < -0.4 is 15.1 Å². The first-order valence-corrected chi connectivity index (χ1v) is 14.1. The van der Waals surface area contributed by atoms with E-state index >= 15 is 0 Å². The normalized spacial score (nSPS) is 17.6. The van der Waals surface area contributed by atoms with Crippen LogP contribution in [0.25, 0.3) is 27.4 Å². The Balaban J connectivity index is 1.33. The first-order valence-electron chi connectivity index (χ1n) is 14.1. The van der Waals surface area contributed by atoms with Crippen LogP contribution in [0.2, 0.25) is 0 Å². The van der Waals surface area contributed by atoms with Gasteiger partial charge >= 0.3 is 6.85 Å². The highest BCUT2D eigenvalue weighted by Gasteiger charge is 2.48. The lowest BCUT2D eigenvalue weighted by Crippen LogP contribution is -2.43. The Labute approximate surface area is 232 Å². The number of ether oxygens (including phenoxy) is 1. The van der Waals surface area contributed by atoms with E-state index < -0.39 is 0 Å². The van der Waals surface area contributed by atoms with Crippen LogP contribution in [0.15, 0.2) is 127 Å². The molecule has 4 heteroatoms. The van der Waals surface area contributed by atoms with Crippen LogP contribution in [-0.2, 0) is 0 Å². The Morgan fingerprint density at radius 3 is 2.50 bits per heavy atom. The molecule has 0 bridgehead atoms. The van der Waals surface area contributed by atoms with Crippen molar-refractivity contribution in [3.05, 3.63) is 138 Å². The molecular formula is C36H23BN2O. The number of para-hydroxylation sites is 5. The molecule has 6 aromatic rings. The number of anilines is 3. The van der Waals surface area contributed by atoms with Gasteiger partial charge in [-0.1, -0.05) is 90.4 Å². The molecule has 1 aromatic heterocycles. The molecule has 3 aliphatic heterocycles. The van der Waals surface area contributed by atoms with Crippen molar-refractivity contribution in [3.8, 4) is 11.5 Å². The predicted octanol–water partition coefficient (Wildman–Crippen LogP) is 8.48. The summed E-state index contributed by atoms with van der Waals surface area (Å²) >= 11 is 0. The number of fused-ring (bicyclic) bond motifs is 11. The van der Waals surface area contributed by atoms with E-state index in [9.17, 15) is 0 Å². The van der Waals surface area contributed by atoms with E-state index in [-0.39, 0.29) is 6.85 Å². The second-order valence-electron chi connectivity index (χ2n) is 11.2. The summed E-state index contributed by atoms with van der Waals surface area (Å²) in [5.74, 6) is 2.23. The smallest absolute Gasteiger partial charge is 0.329 e. The number of aromatic nitrogens is 1. The molecule has 40 heavy (non-hydrogen) atoms. The summed E-state index contributed by atoms with van der Waals surface area (Å²) in [5, 5.41) is 2.67. The molecule has 0 radical (unpaired) electrons. The van der Waals surface area contributed by atoms with Gasteiger partial charge < -0.3 is 14.1 Å². The van der Waals surface area contributed by atoms with Crippen LogP contribution >= 0.6 is 0 Å². The fourth-order valence-corrected chi connectivity index (χ4v) is 7.86. The van der Waals surface area contributed by atoms with Crippen LogP contribution in [0.4, 0.5) is 17.1 Å². The molecule has 0 N–H and O–H groups in total. The average molecular weight is 510 g/mol. The van der Waals surface area contributed by atoms with E-state index in [1.807, 2.05) is 0 Å².